The van der Waals surface area contributed by atoms with E-state index in [-0.39, 0.29) is 5.91 Å². The highest BCUT2D eigenvalue weighted by atomic mass is 16.5. The Hall–Kier alpha value is -3.09. The number of aromatic nitrogens is 4. The van der Waals surface area contributed by atoms with Crippen LogP contribution < -0.4 is 10.1 Å². The molecule has 2 heterocycles. The van der Waals surface area contributed by atoms with E-state index in [1.54, 1.807) is 11.8 Å². The zero-order valence-electron chi connectivity index (χ0n) is 14.6. The van der Waals surface area contributed by atoms with Gasteiger partial charge in [-0.15, -0.1) is 5.10 Å². The molecule has 7 heteroatoms. The van der Waals surface area contributed by atoms with Crippen LogP contribution in [0.5, 0.6) is 5.75 Å². The van der Waals surface area contributed by atoms with E-state index in [0.717, 1.165) is 11.3 Å². The average molecular weight is 351 g/mol. The molecule has 0 radical (unpaired) electrons. The molecule has 0 saturated heterocycles. The molecule has 0 unspecified atom stereocenters. The topological polar surface area (TPSA) is 74.0 Å². The summed E-state index contributed by atoms with van der Waals surface area (Å²) in [5, 5.41) is 11.4. The maximum atomic E-state index is 12.6. The highest BCUT2D eigenvalue weighted by Crippen LogP contribution is 2.27. The maximum Gasteiger partial charge on any atom is 0.275 e. The Labute approximate surface area is 151 Å². The molecule has 7 nitrogen and oxygen atoms in total. The lowest BCUT2D eigenvalue weighted by atomic mass is 10.2. The van der Waals surface area contributed by atoms with Gasteiger partial charge in [0.1, 0.15) is 5.75 Å². The van der Waals surface area contributed by atoms with E-state index >= 15 is 0 Å². The molecular formula is C19H21N5O2. The molecule has 0 atom stereocenters. The van der Waals surface area contributed by atoms with Crippen molar-refractivity contribution in [1.29, 1.82) is 0 Å². The quantitative estimate of drug-likeness (QED) is 0.709. The van der Waals surface area contributed by atoms with Gasteiger partial charge in [0.15, 0.2) is 11.5 Å². The van der Waals surface area contributed by atoms with Crippen molar-refractivity contribution in [3.05, 3.63) is 60.0 Å². The SMILES string of the molecule is COc1ccc(Cn2nnc(C(=O)NCC3CC3)c2-n2cccc2)cc1. The molecule has 0 bridgehead atoms. The molecule has 0 aliphatic heterocycles. The van der Waals surface area contributed by atoms with Gasteiger partial charge in [0.05, 0.1) is 13.7 Å². The number of hydrogen-bond donors (Lipinski definition) is 1. The Kier molecular flexibility index (Phi) is 4.43. The molecule has 134 valence electrons. The van der Waals surface area contributed by atoms with Crippen molar-refractivity contribution in [3.8, 4) is 11.6 Å². The first-order valence-corrected chi connectivity index (χ1v) is 8.72. The number of benzene rings is 1. The second-order valence-corrected chi connectivity index (χ2v) is 6.51. The third-order valence-electron chi connectivity index (χ3n) is 4.51. The van der Waals surface area contributed by atoms with Crippen molar-refractivity contribution in [2.75, 3.05) is 13.7 Å². The molecule has 1 amide bonds. The minimum Gasteiger partial charge on any atom is -0.497 e. The van der Waals surface area contributed by atoms with E-state index in [2.05, 4.69) is 15.6 Å². The molecular weight excluding hydrogens is 330 g/mol. The first-order chi connectivity index (χ1) is 12.7. The van der Waals surface area contributed by atoms with Gasteiger partial charge in [-0.2, -0.15) is 0 Å². The predicted molar refractivity (Wildman–Crippen MR) is 96.5 cm³/mol. The normalized spacial score (nSPS) is 13.6. The van der Waals surface area contributed by atoms with Crippen molar-refractivity contribution in [2.45, 2.75) is 19.4 Å². The molecule has 1 saturated carbocycles. The molecule has 1 fully saturated rings. The lowest BCUT2D eigenvalue weighted by Crippen LogP contribution is -2.27. The number of carbonyl (C=O) groups is 1. The van der Waals surface area contributed by atoms with Crippen LogP contribution in [0, 0.1) is 5.92 Å². The van der Waals surface area contributed by atoms with E-state index in [0.29, 0.717) is 30.5 Å². The van der Waals surface area contributed by atoms with Gasteiger partial charge in [-0.05, 0) is 48.6 Å². The maximum absolute atomic E-state index is 12.6. The number of rotatable bonds is 7. The molecule has 1 aliphatic carbocycles. The molecule has 1 aliphatic rings. The van der Waals surface area contributed by atoms with Crippen LogP contribution in [-0.2, 0) is 6.54 Å². The highest BCUT2D eigenvalue weighted by molar-refractivity contribution is 5.95. The molecule has 26 heavy (non-hydrogen) atoms. The van der Waals surface area contributed by atoms with Gasteiger partial charge in [0, 0.05) is 18.9 Å². The molecule has 4 rings (SSSR count). The molecule has 3 aromatic rings. The van der Waals surface area contributed by atoms with Crippen LogP contribution in [0.1, 0.15) is 28.9 Å². The van der Waals surface area contributed by atoms with Gasteiger partial charge in [-0.3, -0.25) is 4.79 Å². The van der Waals surface area contributed by atoms with Crippen LogP contribution in [0.2, 0.25) is 0 Å². The summed E-state index contributed by atoms with van der Waals surface area (Å²) in [6, 6.07) is 11.6. The fourth-order valence-corrected chi connectivity index (χ4v) is 2.84. The van der Waals surface area contributed by atoms with Crippen molar-refractivity contribution >= 4 is 5.91 Å². The van der Waals surface area contributed by atoms with E-state index < -0.39 is 0 Å². The lowest BCUT2D eigenvalue weighted by Gasteiger charge is -2.10. The summed E-state index contributed by atoms with van der Waals surface area (Å²) in [4.78, 5) is 12.6. The zero-order chi connectivity index (χ0) is 17.9. The predicted octanol–water partition coefficient (Wildman–Crippen LogP) is 2.27. The number of ether oxygens (including phenoxy) is 1. The highest BCUT2D eigenvalue weighted by Gasteiger charge is 2.25. The van der Waals surface area contributed by atoms with Crippen molar-refractivity contribution in [2.24, 2.45) is 5.92 Å². The molecule has 1 N–H and O–H groups in total. The van der Waals surface area contributed by atoms with Gasteiger partial charge in [0.25, 0.3) is 5.91 Å². The zero-order valence-corrected chi connectivity index (χ0v) is 14.6. The first kappa shape index (κ1) is 16.4. The summed E-state index contributed by atoms with van der Waals surface area (Å²) in [6.07, 6.45) is 6.16. The number of nitrogens with one attached hydrogen (secondary N) is 1. The molecule has 0 spiro atoms. The van der Waals surface area contributed by atoms with Crippen LogP contribution in [0.15, 0.2) is 48.8 Å². The Bertz CT molecular complexity index is 879. The van der Waals surface area contributed by atoms with Crippen LogP contribution in [0.25, 0.3) is 5.82 Å². The van der Waals surface area contributed by atoms with Crippen molar-refractivity contribution in [3.63, 3.8) is 0 Å². The number of hydrogen-bond acceptors (Lipinski definition) is 4. The fraction of sp³-hybridized carbons (Fsp3) is 0.316. The van der Waals surface area contributed by atoms with Crippen LogP contribution in [0.4, 0.5) is 0 Å². The van der Waals surface area contributed by atoms with E-state index in [1.165, 1.54) is 12.8 Å². The summed E-state index contributed by atoms with van der Waals surface area (Å²) in [5.41, 5.74) is 1.39. The average Bonchev–Trinajstić information content (AvgIpc) is 3.16. The number of nitrogens with zero attached hydrogens (tertiary/aromatic N) is 4. The first-order valence-electron chi connectivity index (χ1n) is 8.72. The summed E-state index contributed by atoms with van der Waals surface area (Å²) in [6.45, 7) is 1.22. The summed E-state index contributed by atoms with van der Waals surface area (Å²) in [5.74, 6) is 1.90. The monoisotopic (exact) mass is 351 g/mol. The van der Waals surface area contributed by atoms with Gasteiger partial charge in [-0.25, -0.2) is 4.68 Å². The standard InChI is InChI=1S/C19H21N5O2/c1-26-16-8-6-15(7-9-16)13-24-19(23-10-2-3-11-23)17(21-22-24)18(25)20-12-14-4-5-14/h2-3,6-11,14H,4-5,12-13H2,1H3,(H,20,25). The van der Waals surface area contributed by atoms with E-state index in [1.807, 2.05) is 53.4 Å². The second kappa shape index (κ2) is 7.03. The summed E-state index contributed by atoms with van der Waals surface area (Å²) >= 11 is 0. The summed E-state index contributed by atoms with van der Waals surface area (Å²) in [7, 11) is 1.64. The largest absolute Gasteiger partial charge is 0.497 e. The molecule has 2 aromatic heterocycles. The molecule has 1 aromatic carbocycles. The van der Waals surface area contributed by atoms with Gasteiger partial charge in [-0.1, -0.05) is 17.3 Å². The number of carbonyl (C=O) groups excluding carboxylic acids is 1. The minimum absolute atomic E-state index is 0.179. The van der Waals surface area contributed by atoms with Crippen molar-refractivity contribution in [1.82, 2.24) is 24.9 Å². The third kappa shape index (κ3) is 3.46. The van der Waals surface area contributed by atoms with Gasteiger partial charge in [0.2, 0.25) is 0 Å². The number of methoxy groups -OCH3 is 1. The Morgan fingerprint density at radius 1 is 1.23 bits per heavy atom. The summed E-state index contributed by atoms with van der Waals surface area (Å²) < 4.78 is 8.81. The van der Waals surface area contributed by atoms with Crippen LogP contribution in [-0.4, -0.2) is 39.1 Å². The Balaban J connectivity index is 1.61. The van der Waals surface area contributed by atoms with Crippen molar-refractivity contribution < 1.29 is 9.53 Å². The smallest absolute Gasteiger partial charge is 0.275 e. The van der Waals surface area contributed by atoms with E-state index in [9.17, 15) is 4.79 Å². The minimum atomic E-state index is -0.179. The van der Waals surface area contributed by atoms with Gasteiger partial charge >= 0.3 is 0 Å². The fourth-order valence-electron chi connectivity index (χ4n) is 2.84. The van der Waals surface area contributed by atoms with Crippen LogP contribution >= 0.6 is 0 Å². The third-order valence-corrected chi connectivity index (χ3v) is 4.51. The van der Waals surface area contributed by atoms with Crippen LogP contribution in [0.3, 0.4) is 0 Å². The Morgan fingerprint density at radius 3 is 2.62 bits per heavy atom. The van der Waals surface area contributed by atoms with E-state index in [4.69, 9.17) is 4.74 Å². The second-order valence-electron chi connectivity index (χ2n) is 6.51. The lowest BCUT2D eigenvalue weighted by molar-refractivity contribution is 0.0946. The number of amides is 1. The Morgan fingerprint density at radius 2 is 1.96 bits per heavy atom. The van der Waals surface area contributed by atoms with Gasteiger partial charge < -0.3 is 14.6 Å².